The topological polar surface area (TPSA) is 65.2 Å². The first-order chi connectivity index (χ1) is 12.5. The zero-order valence-corrected chi connectivity index (χ0v) is 15.8. The zero-order chi connectivity index (χ0) is 20.1. The van der Waals surface area contributed by atoms with Crippen LogP contribution in [0.5, 0.6) is 0 Å². The van der Waals surface area contributed by atoms with E-state index in [1.165, 1.54) is 25.2 Å². The van der Waals surface area contributed by atoms with Crippen molar-refractivity contribution >= 4 is 5.91 Å². The highest BCUT2D eigenvalue weighted by Crippen LogP contribution is 2.33. The lowest BCUT2D eigenvalue weighted by Crippen LogP contribution is -2.30. The van der Waals surface area contributed by atoms with Gasteiger partial charge in [-0.25, -0.2) is 0 Å². The quantitative estimate of drug-likeness (QED) is 0.814. The van der Waals surface area contributed by atoms with Gasteiger partial charge < -0.3 is 9.64 Å². The number of rotatable bonds is 3. The number of hydrogen-bond donors (Lipinski definition) is 0. The van der Waals surface area contributed by atoms with E-state index in [0.717, 1.165) is 15.9 Å². The first-order valence-electron chi connectivity index (χ1n) is 8.55. The summed E-state index contributed by atoms with van der Waals surface area (Å²) in [5, 5.41) is 7.80. The summed E-state index contributed by atoms with van der Waals surface area (Å²) in [6.07, 6.45) is -3.04. The molecular weight excluding hydrogens is 363 g/mol. The molecule has 148 valence electrons. The molecule has 0 N–H and O–H groups in total. The van der Waals surface area contributed by atoms with E-state index in [2.05, 4.69) is 10.2 Å². The maximum absolute atomic E-state index is 13.1. The van der Waals surface area contributed by atoms with Gasteiger partial charge in [0, 0.05) is 51.4 Å². The summed E-state index contributed by atoms with van der Waals surface area (Å²) in [5.74, 6) is -0.426. The maximum Gasteiger partial charge on any atom is 0.435 e. The van der Waals surface area contributed by atoms with Gasteiger partial charge in [0.2, 0.25) is 0 Å². The van der Waals surface area contributed by atoms with Crippen molar-refractivity contribution < 1.29 is 22.7 Å². The molecule has 10 heteroatoms. The highest BCUT2D eigenvalue weighted by atomic mass is 19.4. The van der Waals surface area contributed by atoms with E-state index >= 15 is 0 Å². The van der Waals surface area contributed by atoms with Crippen molar-refractivity contribution in [2.24, 2.45) is 14.1 Å². The van der Waals surface area contributed by atoms with Crippen LogP contribution in [-0.4, -0.2) is 43.5 Å². The molecule has 3 heterocycles. The second kappa shape index (κ2) is 6.66. The van der Waals surface area contributed by atoms with Crippen LogP contribution in [0.2, 0.25) is 0 Å². The minimum atomic E-state index is -4.58. The van der Waals surface area contributed by atoms with Gasteiger partial charge in [-0.15, -0.1) is 0 Å². The Morgan fingerprint density at radius 3 is 2.63 bits per heavy atom. The number of amides is 1. The highest BCUT2D eigenvalue weighted by molar-refractivity contribution is 5.94. The summed E-state index contributed by atoms with van der Waals surface area (Å²) in [6.45, 7) is 3.59. The fourth-order valence-corrected chi connectivity index (χ4v) is 3.61. The first kappa shape index (κ1) is 19.4. The Bertz CT molecular complexity index is 871. The number of ether oxygens (including phenoxy) is 1. The molecule has 1 aliphatic rings. The van der Waals surface area contributed by atoms with E-state index in [1.54, 1.807) is 11.7 Å². The van der Waals surface area contributed by atoms with Gasteiger partial charge in [0.05, 0.1) is 17.9 Å². The molecule has 27 heavy (non-hydrogen) atoms. The van der Waals surface area contributed by atoms with Crippen LogP contribution in [0.3, 0.4) is 0 Å². The first-order valence-corrected chi connectivity index (χ1v) is 8.55. The Labute approximate surface area is 154 Å². The van der Waals surface area contributed by atoms with E-state index in [4.69, 9.17) is 4.74 Å². The fourth-order valence-electron chi connectivity index (χ4n) is 3.61. The molecular formula is C17H22F3N5O2. The van der Waals surface area contributed by atoms with Crippen LogP contribution in [-0.2, 0) is 38.0 Å². The Kier molecular flexibility index (Phi) is 4.79. The molecule has 0 spiro atoms. The third-order valence-corrected chi connectivity index (χ3v) is 4.64. The minimum Gasteiger partial charge on any atom is -0.369 e. The SMILES string of the molecule is C[C@@H]1Cc2c(C(=O)N(C)Cc3cn(C)nc3C(F)(F)F)nn(C)c2[C@H](C)O1. The molecule has 2 atom stereocenters. The van der Waals surface area contributed by atoms with Gasteiger partial charge in [-0.1, -0.05) is 0 Å². The molecule has 7 nitrogen and oxygen atoms in total. The van der Waals surface area contributed by atoms with E-state index in [1.807, 2.05) is 13.8 Å². The van der Waals surface area contributed by atoms with Gasteiger partial charge in [0.15, 0.2) is 11.4 Å². The van der Waals surface area contributed by atoms with Crippen molar-refractivity contribution in [2.75, 3.05) is 7.05 Å². The molecule has 2 aromatic heterocycles. The summed E-state index contributed by atoms with van der Waals surface area (Å²) >= 11 is 0. The van der Waals surface area contributed by atoms with Gasteiger partial charge in [-0.3, -0.25) is 14.2 Å². The lowest BCUT2D eigenvalue weighted by Gasteiger charge is -2.26. The Morgan fingerprint density at radius 2 is 2.00 bits per heavy atom. The lowest BCUT2D eigenvalue weighted by molar-refractivity contribution is -0.142. The van der Waals surface area contributed by atoms with Gasteiger partial charge >= 0.3 is 6.18 Å². The van der Waals surface area contributed by atoms with Crippen molar-refractivity contribution in [3.63, 3.8) is 0 Å². The van der Waals surface area contributed by atoms with Crippen molar-refractivity contribution in [1.29, 1.82) is 0 Å². The smallest absolute Gasteiger partial charge is 0.369 e. The molecule has 0 unspecified atom stereocenters. The zero-order valence-electron chi connectivity index (χ0n) is 15.8. The summed E-state index contributed by atoms with van der Waals surface area (Å²) in [4.78, 5) is 14.2. The van der Waals surface area contributed by atoms with Gasteiger partial charge in [-0.05, 0) is 13.8 Å². The number of hydrogen-bond acceptors (Lipinski definition) is 4. The third kappa shape index (κ3) is 3.58. The predicted molar refractivity (Wildman–Crippen MR) is 89.9 cm³/mol. The van der Waals surface area contributed by atoms with Crippen LogP contribution < -0.4 is 0 Å². The van der Waals surface area contributed by atoms with Crippen molar-refractivity contribution in [2.45, 2.75) is 45.2 Å². The molecule has 0 saturated heterocycles. The largest absolute Gasteiger partial charge is 0.435 e. The maximum atomic E-state index is 13.1. The van der Waals surface area contributed by atoms with Crippen molar-refractivity contribution in [3.05, 3.63) is 34.4 Å². The monoisotopic (exact) mass is 385 g/mol. The van der Waals surface area contributed by atoms with Crippen LogP contribution in [0.4, 0.5) is 13.2 Å². The summed E-state index contributed by atoms with van der Waals surface area (Å²) < 4.78 is 47.9. The number of halogens is 3. The number of carbonyl (C=O) groups is 1. The molecule has 1 aliphatic heterocycles. The van der Waals surface area contributed by atoms with Gasteiger partial charge in [-0.2, -0.15) is 23.4 Å². The van der Waals surface area contributed by atoms with Crippen molar-refractivity contribution in [3.8, 4) is 0 Å². The predicted octanol–water partition coefficient (Wildman–Crippen LogP) is 2.47. The van der Waals surface area contributed by atoms with E-state index in [0.29, 0.717) is 6.42 Å². The Morgan fingerprint density at radius 1 is 1.33 bits per heavy atom. The fraction of sp³-hybridized carbons (Fsp3) is 0.588. The summed E-state index contributed by atoms with van der Waals surface area (Å²) in [6, 6.07) is 0. The standard InChI is InChI=1S/C17H22F3N5O2/c1-9-6-12-13(21-25(5)14(12)10(2)27-9)16(26)23(3)7-11-8-24(4)22-15(11)17(18,19)20/h8-10H,6-7H2,1-5H3/t9-,10+/m1/s1. The lowest BCUT2D eigenvalue weighted by atomic mass is 9.99. The molecule has 0 fully saturated rings. The summed E-state index contributed by atoms with van der Waals surface area (Å²) in [5.41, 5.74) is 0.832. The number of alkyl halides is 3. The van der Waals surface area contributed by atoms with Crippen LogP contribution >= 0.6 is 0 Å². The summed E-state index contributed by atoms with van der Waals surface area (Å²) in [7, 11) is 4.61. The van der Waals surface area contributed by atoms with Crippen LogP contribution in [0.25, 0.3) is 0 Å². The number of carbonyl (C=O) groups excluding carboxylic acids is 1. The molecule has 0 saturated carbocycles. The highest BCUT2D eigenvalue weighted by Gasteiger charge is 2.38. The van der Waals surface area contributed by atoms with Gasteiger partial charge in [0.25, 0.3) is 5.91 Å². The van der Waals surface area contributed by atoms with Crippen LogP contribution in [0, 0.1) is 0 Å². The molecule has 0 aliphatic carbocycles. The molecule has 3 rings (SSSR count). The minimum absolute atomic E-state index is 0.0595. The average molecular weight is 385 g/mol. The van der Waals surface area contributed by atoms with E-state index in [9.17, 15) is 18.0 Å². The Hall–Kier alpha value is -2.36. The van der Waals surface area contributed by atoms with E-state index in [-0.39, 0.29) is 30.0 Å². The molecule has 2 aromatic rings. The van der Waals surface area contributed by atoms with E-state index < -0.39 is 17.8 Å². The number of nitrogens with zero attached hydrogens (tertiary/aromatic N) is 5. The third-order valence-electron chi connectivity index (χ3n) is 4.64. The molecule has 0 bridgehead atoms. The molecule has 0 aromatic carbocycles. The van der Waals surface area contributed by atoms with Crippen LogP contribution in [0.15, 0.2) is 6.20 Å². The van der Waals surface area contributed by atoms with Crippen LogP contribution in [0.1, 0.15) is 53.0 Å². The molecule has 0 radical (unpaired) electrons. The Balaban J connectivity index is 1.89. The van der Waals surface area contributed by atoms with Gasteiger partial charge in [0.1, 0.15) is 0 Å². The number of fused-ring (bicyclic) bond motifs is 1. The second-order valence-corrected chi connectivity index (χ2v) is 6.96. The van der Waals surface area contributed by atoms with Crippen molar-refractivity contribution in [1.82, 2.24) is 24.5 Å². The normalized spacial score (nSPS) is 19.9. The molecule has 1 amide bonds. The second-order valence-electron chi connectivity index (χ2n) is 6.96. The number of aromatic nitrogens is 4. The average Bonchev–Trinajstić information content (AvgIpc) is 3.06. The number of aryl methyl sites for hydroxylation is 2.